The Labute approximate surface area is 137 Å². The first-order valence-corrected chi connectivity index (χ1v) is 8.09. The summed E-state index contributed by atoms with van der Waals surface area (Å²) in [7, 11) is 0. The van der Waals surface area contributed by atoms with Gasteiger partial charge in [0.05, 0.1) is 0 Å². The molecule has 23 heavy (non-hydrogen) atoms. The number of nitrogens with one attached hydrogen (secondary N) is 1. The van der Waals surface area contributed by atoms with Crippen molar-refractivity contribution in [3.05, 3.63) is 71.8 Å². The van der Waals surface area contributed by atoms with Crippen LogP contribution in [0.1, 0.15) is 23.5 Å². The second-order valence-corrected chi connectivity index (χ2v) is 6.15. The van der Waals surface area contributed by atoms with Crippen LogP contribution in [0.3, 0.4) is 0 Å². The Morgan fingerprint density at radius 2 is 1.70 bits per heavy atom. The van der Waals surface area contributed by atoms with Crippen LogP contribution in [0, 0.1) is 0 Å². The largest absolute Gasteiger partial charge is 0.351 e. The van der Waals surface area contributed by atoms with Crippen molar-refractivity contribution in [3.63, 3.8) is 0 Å². The number of nitrogens with zero attached hydrogens (tertiary/aromatic N) is 1. The Kier molecular flexibility index (Phi) is 4.93. The van der Waals surface area contributed by atoms with Gasteiger partial charge in [0.25, 0.3) is 0 Å². The van der Waals surface area contributed by atoms with E-state index in [1.165, 1.54) is 11.1 Å². The van der Waals surface area contributed by atoms with Crippen LogP contribution in [0.5, 0.6) is 0 Å². The average molecular weight is 309 g/mol. The quantitative estimate of drug-likeness (QED) is 0.912. The molecule has 0 aromatic heterocycles. The van der Waals surface area contributed by atoms with E-state index in [-0.39, 0.29) is 12.1 Å². The molecule has 2 atom stereocenters. The summed E-state index contributed by atoms with van der Waals surface area (Å²) in [5.74, 6) is 0.325. The first kappa shape index (κ1) is 15.6. The number of likely N-dealkylation sites (tertiary alicyclic amines) is 1. The monoisotopic (exact) mass is 309 g/mol. The van der Waals surface area contributed by atoms with Gasteiger partial charge in [0, 0.05) is 31.6 Å². The molecule has 0 spiro atoms. The minimum absolute atomic E-state index is 0.252. The van der Waals surface area contributed by atoms with Crippen molar-refractivity contribution in [2.45, 2.75) is 24.9 Å². The molecule has 4 heteroatoms. The minimum atomic E-state index is -0.336. The fourth-order valence-corrected chi connectivity index (χ4v) is 3.25. The highest BCUT2D eigenvalue weighted by Crippen LogP contribution is 2.27. The maximum atomic E-state index is 11.7. The van der Waals surface area contributed by atoms with E-state index in [9.17, 15) is 4.79 Å². The number of rotatable bonds is 4. The number of urea groups is 1. The molecule has 0 aliphatic carbocycles. The van der Waals surface area contributed by atoms with Crippen molar-refractivity contribution in [1.29, 1.82) is 0 Å². The summed E-state index contributed by atoms with van der Waals surface area (Å²) in [6, 6.07) is 20.6. The number of primary amides is 1. The van der Waals surface area contributed by atoms with Gasteiger partial charge >= 0.3 is 6.03 Å². The third kappa shape index (κ3) is 4.11. The van der Waals surface area contributed by atoms with Crippen LogP contribution in [-0.4, -0.2) is 30.1 Å². The molecule has 0 bridgehead atoms. The SMILES string of the molecule is NC(=O)N1CC(NCc2ccccc2)CC(c2ccccc2)C1. The number of carbonyl (C=O) groups is 1. The van der Waals surface area contributed by atoms with Gasteiger partial charge in [0.2, 0.25) is 0 Å². The smallest absolute Gasteiger partial charge is 0.314 e. The van der Waals surface area contributed by atoms with Crippen molar-refractivity contribution in [2.75, 3.05) is 13.1 Å². The lowest BCUT2D eigenvalue weighted by atomic mass is 9.88. The number of hydrogen-bond acceptors (Lipinski definition) is 2. The normalized spacial score (nSPS) is 21.1. The molecule has 2 amide bonds. The summed E-state index contributed by atoms with van der Waals surface area (Å²) < 4.78 is 0. The fourth-order valence-electron chi connectivity index (χ4n) is 3.25. The maximum absolute atomic E-state index is 11.7. The van der Waals surface area contributed by atoms with Gasteiger partial charge in [-0.1, -0.05) is 60.7 Å². The fraction of sp³-hybridized carbons (Fsp3) is 0.316. The van der Waals surface area contributed by atoms with Crippen molar-refractivity contribution >= 4 is 6.03 Å². The first-order valence-electron chi connectivity index (χ1n) is 8.09. The average Bonchev–Trinajstić information content (AvgIpc) is 2.61. The molecule has 2 aromatic rings. The van der Waals surface area contributed by atoms with Gasteiger partial charge < -0.3 is 16.0 Å². The zero-order chi connectivity index (χ0) is 16.1. The molecular formula is C19H23N3O. The number of nitrogens with two attached hydrogens (primary N) is 1. The van der Waals surface area contributed by atoms with E-state index < -0.39 is 0 Å². The number of amides is 2. The van der Waals surface area contributed by atoms with E-state index in [1.54, 1.807) is 4.90 Å². The Hall–Kier alpha value is -2.33. The van der Waals surface area contributed by atoms with Crippen LogP contribution < -0.4 is 11.1 Å². The molecule has 3 N–H and O–H groups in total. The highest BCUT2D eigenvalue weighted by molar-refractivity contribution is 5.72. The van der Waals surface area contributed by atoms with Gasteiger partial charge in [0.1, 0.15) is 0 Å². The predicted molar refractivity (Wildman–Crippen MR) is 92.0 cm³/mol. The van der Waals surface area contributed by atoms with Crippen molar-refractivity contribution < 1.29 is 4.79 Å². The zero-order valence-electron chi connectivity index (χ0n) is 13.2. The molecule has 2 unspecified atom stereocenters. The van der Waals surface area contributed by atoms with Crippen molar-refractivity contribution in [2.24, 2.45) is 5.73 Å². The van der Waals surface area contributed by atoms with Gasteiger partial charge in [-0.25, -0.2) is 4.79 Å². The van der Waals surface area contributed by atoms with Crippen LogP contribution >= 0.6 is 0 Å². The number of carbonyl (C=O) groups excluding carboxylic acids is 1. The summed E-state index contributed by atoms with van der Waals surface area (Å²) in [4.78, 5) is 13.4. The molecule has 1 heterocycles. The van der Waals surface area contributed by atoms with Gasteiger partial charge in [-0.05, 0) is 17.5 Å². The topological polar surface area (TPSA) is 58.4 Å². The van der Waals surface area contributed by atoms with Crippen LogP contribution in [0.25, 0.3) is 0 Å². The van der Waals surface area contributed by atoms with Gasteiger partial charge in [-0.3, -0.25) is 0 Å². The summed E-state index contributed by atoms with van der Waals surface area (Å²) in [6.07, 6.45) is 1.01. The van der Waals surface area contributed by atoms with Gasteiger partial charge in [-0.2, -0.15) is 0 Å². The van der Waals surface area contributed by atoms with Crippen LogP contribution in [0.4, 0.5) is 4.79 Å². The number of piperidine rings is 1. The molecule has 4 nitrogen and oxygen atoms in total. The number of benzene rings is 2. The zero-order valence-corrected chi connectivity index (χ0v) is 13.2. The molecule has 1 saturated heterocycles. The van der Waals surface area contributed by atoms with Crippen LogP contribution in [-0.2, 0) is 6.54 Å². The van der Waals surface area contributed by atoms with E-state index in [2.05, 4.69) is 29.6 Å². The first-order chi connectivity index (χ1) is 11.2. The number of hydrogen-bond donors (Lipinski definition) is 2. The summed E-state index contributed by atoms with van der Waals surface area (Å²) >= 11 is 0. The van der Waals surface area contributed by atoms with Crippen molar-refractivity contribution in [1.82, 2.24) is 10.2 Å². The van der Waals surface area contributed by atoms with Gasteiger partial charge in [-0.15, -0.1) is 0 Å². The van der Waals surface area contributed by atoms with E-state index >= 15 is 0 Å². The second kappa shape index (κ2) is 7.29. The highest BCUT2D eigenvalue weighted by atomic mass is 16.2. The van der Waals surface area contributed by atoms with Crippen molar-refractivity contribution in [3.8, 4) is 0 Å². The van der Waals surface area contributed by atoms with Crippen LogP contribution in [0.15, 0.2) is 60.7 Å². The minimum Gasteiger partial charge on any atom is -0.351 e. The Balaban J connectivity index is 1.68. The third-order valence-corrected chi connectivity index (χ3v) is 4.47. The molecule has 0 saturated carbocycles. The maximum Gasteiger partial charge on any atom is 0.314 e. The Morgan fingerprint density at radius 3 is 2.35 bits per heavy atom. The third-order valence-electron chi connectivity index (χ3n) is 4.47. The van der Waals surface area contributed by atoms with Gasteiger partial charge in [0.15, 0.2) is 0 Å². The lowest BCUT2D eigenvalue weighted by Crippen LogP contribution is -2.52. The molecule has 1 fully saturated rings. The molecule has 2 aromatic carbocycles. The van der Waals surface area contributed by atoms with E-state index in [4.69, 9.17) is 5.73 Å². The summed E-state index contributed by atoms with van der Waals surface area (Å²) in [6.45, 7) is 2.17. The summed E-state index contributed by atoms with van der Waals surface area (Å²) in [5, 5.41) is 3.57. The molecule has 1 aliphatic rings. The standard InChI is InChI=1S/C19H23N3O/c20-19(23)22-13-17(16-9-5-2-6-10-16)11-18(14-22)21-12-15-7-3-1-4-8-15/h1-10,17-18,21H,11-14H2,(H2,20,23). The Morgan fingerprint density at radius 1 is 1.04 bits per heavy atom. The highest BCUT2D eigenvalue weighted by Gasteiger charge is 2.29. The molecule has 1 aliphatic heterocycles. The Bertz CT molecular complexity index is 630. The summed E-state index contributed by atoms with van der Waals surface area (Å²) in [5.41, 5.74) is 8.05. The van der Waals surface area contributed by atoms with E-state index in [0.717, 1.165) is 13.0 Å². The predicted octanol–water partition coefficient (Wildman–Crippen LogP) is 2.71. The lowest BCUT2D eigenvalue weighted by Gasteiger charge is -2.37. The molecule has 120 valence electrons. The molecule has 3 rings (SSSR count). The van der Waals surface area contributed by atoms with E-state index in [1.807, 2.05) is 36.4 Å². The molecule has 0 radical (unpaired) electrons. The molecular weight excluding hydrogens is 286 g/mol. The second-order valence-electron chi connectivity index (χ2n) is 6.15. The lowest BCUT2D eigenvalue weighted by molar-refractivity contribution is 0.171. The van der Waals surface area contributed by atoms with E-state index in [0.29, 0.717) is 19.0 Å². The van der Waals surface area contributed by atoms with Crippen LogP contribution in [0.2, 0.25) is 0 Å².